The van der Waals surface area contributed by atoms with Crippen LogP contribution in [0.1, 0.15) is 32.6 Å². The smallest absolute Gasteiger partial charge is 0.282 e. The Labute approximate surface area is 177 Å². The third-order valence-electron chi connectivity index (χ3n) is 5.74. The van der Waals surface area contributed by atoms with E-state index in [1.807, 2.05) is 4.90 Å². The van der Waals surface area contributed by atoms with Crippen molar-refractivity contribution >= 4 is 27.5 Å². The summed E-state index contributed by atoms with van der Waals surface area (Å²) in [6.45, 7) is 4.49. The van der Waals surface area contributed by atoms with Crippen molar-refractivity contribution in [3.8, 4) is 0 Å². The number of amides is 1. The highest BCUT2D eigenvalue weighted by molar-refractivity contribution is 7.86. The Morgan fingerprint density at radius 2 is 1.63 bits per heavy atom. The molecule has 0 aromatic heterocycles. The van der Waals surface area contributed by atoms with E-state index in [9.17, 15) is 23.3 Å². The molecular formula is C19H29N5O5S. The standard InChI is InChI=1S/C19H29N5O5S/c1-16(19(25)20-17-7-6-8-18(15-17)24(26)27)21-11-13-23(14-12-21)30(28,29)22-9-4-2-3-5-10-22/h6-8,15-16H,2-5,9-14H2,1H3,(H,20,25). The maximum absolute atomic E-state index is 12.9. The molecule has 1 N–H and O–H groups in total. The van der Waals surface area contributed by atoms with E-state index in [0.29, 0.717) is 45.0 Å². The van der Waals surface area contributed by atoms with Gasteiger partial charge in [0.25, 0.3) is 15.9 Å². The minimum absolute atomic E-state index is 0.0900. The highest BCUT2D eigenvalue weighted by Gasteiger charge is 2.34. The zero-order valence-corrected chi connectivity index (χ0v) is 18.0. The highest BCUT2D eigenvalue weighted by atomic mass is 32.2. The predicted molar refractivity (Wildman–Crippen MR) is 113 cm³/mol. The number of carbonyl (C=O) groups is 1. The molecule has 0 aliphatic carbocycles. The van der Waals surface area contributed by atoms with Gasteiger partial charge in [0.05, 0.1) is 11.0 Å². The van der Waals surface area contributed by atoms with Gasteiger partial charge in [-0.15, -0.1) is 0 Å². The molecule has 1 unspecified atom stereocenters. The number of nitrogens with zero attached hydrogens (tertiary/aromatic N) is 4. The minimum atomic E-state index is -3.46. The lowest BCUT2D eigenvalue weighted by Crippen LogP contribution is -2.56. The van der Waals surface area contributed by atoms with Gasteiger partial charge in [-0.2, -0.15) is 17.0 Å². The number of carbonyl (C=O) groups excluding carboxylic acids is 1. The molecule has 2 fully saturated rings. The second kappa shape index (κ2) is 9.82. The zero-order chi connectivity index (χ0) is 21.7. The second-order valence-electron chi connectivity index (χ2n) is 7.73. The van der Waals surface area contributed by atoms with Crippen LogP contribution >= 0.6 is 0 Å². The maximum atomic E-state index is 12.9. The Bertz CT molecular complexity index is 862. The van der Waals surface area contributed by atoms with Gasteiger partial charge in [0.1, 0.15) is 0 Å². The molecule has 1 amide bonds. The third-order valence-corrected chi connectivity index (χ3v) is 7.78. The summed E-state index contributed by atoms with van der Waals surface area (Å²) >= 11 is 0. The number of piperazine rings is 1. The SMILES string of the molecule is CC(C(=O)Nc1cccc([N+](=O)[O-])c1)N1CCN(S(=O)(=O)N2CCCCCC2)CC1. The van der Waals surface area contributed by atoms with E-state index in [1.165, 1.54) is 22.5 Å². The van der Waals surface area contributed by atoms with E-state index in [1.54, 1.807) is 17.3 Å². The van der Waals surface area contributed by atoms with Gasteiger partial charge >= 0.3 is 0 Å². The summed E-state index contributed by atoms with van der Waals surface area (Å²) in [6.07, 6.45) is 3.93. The van der Waals surface area contributed by atoms with E-state index >= 15 is 0 Å². The molecule has 0 bridgehead atoms. The van der Waals surface area contributed by atoms with Crippen molar-refractivity contribution in [3.63, 3.8) is 0 Å². The number of nitro groups is 1. The topological polar surface area (TPSA) is 116 Å². The zero-order valence-electron chi connectivity index (χ0n) is 17.2. The number of rotatable bonds is 6. The van der Waals surface area contributed by atoms with Crippen molar-refractivity contribution in [1.82, 2.24) is 13.5 Å². The largest absolute Gasteiger partial charge is 0.324 e. The van der Waals surface area contributed by atoms with Gasteiger partial charge in [0, 0.05) is 57.1 Å². The van der Waals surface area contributed by atoms with E-state index < -0.39 is 21.2 Å². The molecular weight excluding hydrogens is 410 g/mol. The summed E-state index contributed by atoms with van der Waals surface area (Å²) in [6, 6.07) is 5.32. The van der Waals surface area contributed by atoms with E-state index in [-0.39, 0.29) is 11.6 Å². The Kier molecular flexibility index (Phi) is 7.40. The highest BCUT2D eigenvalue weighted by Crippen LogP contribution is 2.20. The molecule has 2 saturated heterocycles. The van der Waals surface area contributed by atoms with Crippen molar-refractivity contribution in [1.29, 1.82) is 0 Å². The summed E-state index contributed by atoms with van der Waals surface area (Å²) in [4.78, 5) is 24.9. The van der Waals surface area contributed by atoms with Crippen LogP contribution in [0.4, 0.5) is 11.4 Å². The molecule has 1 aromatic rings. The number of hydrogen-bond acceptors (Lipinski definition) is 6. The van der Waals surface area contributed by atoms with Crippen LogP contribution in [0.2, 0.25) is 0 Å². The first-order valence-electron chi connectivity index (χ1n) is 10.3. The molecule has 10 nitrogen and oxygen atoms in total. The van der Waals surface area contributed by atoms with Crippen molar-refractivity contribution in [2.75, 3.05) is 44.6 Å². The molecule has 0 radical (unpaired) electrons. The normalized spacial score (nSPS) is 21.0. The molecule has 1 atom stereocenters. The molecule has 0 spiro atoms. The maximum Gasteiger partial charge on any atom is 0.282 e. The lowest BCUT2D eigenvalue weighted by molar-refractivity contribution is -0.384. The molecule has 166 valence electrons. The van der Waals surface area contributed by atoms with Crippen LogP contribution in [0.25, 0.3) is 0 Å². The van der Waals surface area contributed by atoms with Gasteiger partial charge in [-0.05, 0) is 25.8 Å². The van der Waals surface area contributed by atoms with Crippen LogP contribution in [-0.4, -0.2) is 78.1 Å². The first-order valence-corrected chi connectivity index (χ1v) is 11.7. The number of hydrogen-bond donors (Lipinski definition) is 1. The van der Waals surface area contributed by atoms with E-state index in [4.69, 9.17) is 0 Å². The van der Waals surface area contributed by atoms with Gasteiger partial charge in [-0.3, -0.25) is 19.8 Å². The van der Waals surface area contributed by atoms with Gasteiger partial charge < -0.3 is 5.32 Å². The molecule has 1 aromatic carbocycles. The molecule has 3 rings (SSSR count). The average molecular weight is 440 g/mol. The lowest BCUT2D eigenvalue weighted by atomic mass is 10.2. The summed E-state index contributed by atoms with van der Waals surface area (Å²) < 4.78 is 29.0. The van der Waals surface area contributed by atoms with Gasteiger partial charge in [0.2, 0.25) is 5.91 Å². The van der Waals surface area contributed by atoms with Crippen LogP contribution < -0.4 is 5.32 Å². The first-order chi connectivity index (χ1) is 14.3. The fraction of sp³-hybridized carbons (Fsp3) is 0.632. The van der Waals surface area contributed by atoms with E-state index in [0.717, 1.165) is 25.7 Å². The Hall–Kier alpha value is -2.08. The van der Waals surface area contributed by atoms with Crippen molar-refractivity contribution < 1.29 is 18.1 Å². The predicted octanol–water partition coefficient (Wildman–Crippen LogP) is 1.66. The molecule has 2 aliphatic heterocycles. The van der Waals surface area contributed by atoms with Crippen LogP contribution in [0.15, 0.2) is 24.3 Å². The molecule has 11 heteroatoms. The summed E-state index contributed by atoms with van der Waals surface area (Å²) in [5.41, 5.74) is 0.274. The summed E-state index contributed by atoms with van der Waals surface area (Å²) in [5, 5.41) is 13.6. The van der Waals surface area contributed by atoms with Gasteiger partial charge in [0.15, 0.2) is 0 Å². The number of nitro benzene ring substituents is 1. The van der Waals surface area contributed by atoms with Gasteiger partial charge in [-0.25, -0.2) is 0 Å². The number of nitrogens with one attached hydrogen (secondary N) is 1. The lowest BCUT2D eigenvalue weighted by Gasteiger charge is -2.38. The second-order valence-corrected chi connectivity index (χ2v) is 9.66. The van der Waals surface area contributed by atoms with Crippen molar-refractivity contribution in [3.05, 3.63) is 34.4 Å². The first kappa shape index (κ1) is 22.6. The fourth-order valence-electron chi connectivity index (χ4n) is 3.87. The van der Waals surface area contributed by atoms with Crippen LogP contribution in [0.3, 0.4) is 0 Å². The van der Waals surface area contributed by atoms with Gasteiger partial charge in [-0.1, -0.05) is 18.9 Å². The quantitative estimate of drug-likeness (QED) is 0.532. The summed E-state index contributed by atoms with van der Waals surface area (Å²) in [5.74, 6) is -0.278. The van der Waals surface area contributed by atoms with Crippen LogP contribution in [0.5, 0.6) is 0 Å². The monoisotopic (exact) mass is 439 g/mol. The molecule has 30 heavy (non-hydrogen) atoms. The summed E-state index contributed by atoms with van der Waals surface area (Å²) in [7, 11) is -3.46. The van der Waals surface area contributed by atoms with Crippen molar-refractivity contribution in [2.24, 2.45) is 0 Å². The fourth-order valence-corrected chi connectivity index (χ4v) is 5.54. The minimum Gasteiger partial charge on any atom is -0.324 e. The Balaban J connectivity index is 1.55. The van der Waals surface area contributed by atoms with Crippen molar-refractivity contribution in [2.45, 2.75) is 38.6 Å². The van der Waals surface area contributed by atoms with E-state index in [2.05, 4.69) is 5.32 Å². The Morgan fingerprint density at radius 1 is 1.03 bits per heavy atom. The number of anilines is 1. The molecule has 2 heterocycles. The third kappa shape index (κ3) is 5.34. The number of non-ortho nitro benzene ring substituents is 1. The molecule has 0 saturated carbocycles. The average Bonchev–Trinajstić information content (AvgIpc) is 3.03. The number of benzene rings is 1. The van der Waals surface area contributed by atoms with Crippen LogP contribution in [0, 0.1) is 10.1 Å². The molecule has 2 aliphatic rings. The Morgan fingerprint density at radius 3 is 2.23 bits per heavy atom. The van der Waals surface area contributed by atoms with Crippen LogP contribution in [-0.2, 0) is 15.0 Å².